The molecule has 16 heteroatoms. The third-order valence-corrected chi connectivity index (χ3v) is 18.0. The van der Waals surface area contributed by atoms with Gasteiger partial charge in [0.2, 0.25) is 10.0 Å². The Morgan fingerprint density at radius 3 is 2.29 bits per heavy atom. The molecule has 3 aliphatic heterocycles. The second kappa shape index (κ2) is 13.5. The van der Waals surface area contributed by atoms with E-state index in [1.54, 1.807) is 36.5 Å². The Hall–Kier alpha value is -2.21. The lowest BCUT2D eigenvalue weighted by Gasteiger charge is -2.53. The third kappa shape index (κ3) is 6.02. The van der Waals surface area contributed by atoms with Crippen molar-refractivity contribution in [3.8, 4) is 0 Å². The molecule has 1 amide bonds. The van der Waals surface area contributed by atoms with Crippen LogP contribution < -0.4 is 0 Å². The quantitative estimate of drug-likeness (QED) is 0.142. The SMILES string of the molecule is Cc1c(S(=O)(=O)N2CCC([N+]3(C4CCN(S(=O)(=O)c5cccc6cccnc56)CC4)C(=O)OCC4=CC(Br)(Br)CC=C43)CC2)sc2ccc(Cl)cc12. The number of allylic oxidation sites excluding steroid dienone is 2. The number of benzene rings is 2. The van der Waals surface area contributed by atoms with Crippen LogP contribution in [0, 0.1) is 6.92 Å². The Labute approximate surface area is 329 Å². The van der Waals surface area contributed by atoms with E-state index in [4.69, 9.17) is 16.3 Å². The summed E-state index contributed by atoms with van der Waals surface area (Å²) in [4.78, 5) is 19.0. The number of para-hydroxylation sites is 1. The standard InChI is InChI=1S/C36H36Br2ClN4O6S3/c1-23-29-20-26(39)7-8-31(29)50-34(23)52(47,48)42-18-12-28(13-19-42)43(30-9-14-36(37,38)21-25(30)22-49-35(43)44)27-10-16-41(17-11-27)51(45,46)32-6-2-4-24-5-3-15-40-33(24)32/h2-9,15,20-21,27-28H,10-14,16-19,22H2,1H3/q+1. The van der Waals surface area contributed by atoms with Crippen molar-refractivity contribution in [1.82, 2.24) is 13.6 Å². The number of hydrogen-bond donors (Lipinski definition) is 0. The summed E-state index contributed by atoms with van der Waals surface area (Å²) >= 11 is 15.0. The summed E-state index contributed by atoms with van der Waals surface area (Å²) < 4.78 is 66.0. The highest BCUT2D eigenvalue weighted by Crippen LogP contribution is 2.49. The number of thiophene rings is 1. The van der Waals surface area contributed by atoms with Crippen LogP contribution in [0.15, 0.2) is 87.3 Å². The Bertz CT molecular complexity index is 2400. The lowest BCUT2D eigenvalue weighted by Crippen LogP contribution is -2.69. The summed E-state index contributed by atoms with van der Waals surface area (Å²) in [6.07, 6.45) is 7.67. The first-order chi connectivity index (χ1) is 24.7. The number of rotatable bonds is 6. The maximum Gasteiger partial charge on any atom is 0.522 e. The van der Waals surface area contributed by atoms with Gasteiger partial charge >= 0.3 is 6.09 Å². The summed E-state index contributed by atoms with van der Waals surface area (Å²) in [5.74, 6) is 0. The van der Waals surface area contributed by atoms with E-state index >= 15 is 0 Å². The molecular formula is C36H36Br2ClN4O6S3+. The van der Waals surface area contributed by atoms with Crippen molar-refractivity contribution < 1.29 is 30.9 Å². The number of fused-ring (bicyclic) bond motifs is 3. The first-order valence-corrected chi connectivity index (χ1v) is 22.8. The number of cyclic esters (lactones) is 1. The molecule has 1 unspecified atom stereocenters. The number of hydrogen-bond acceptors (Lipinski definition) is 8. The summed E-state index contributed by atoms with van der Waals surface area (Å²) in [5.41, 5.74) is 2.89. The molecule has 5 heterocycles. The maximum atomic E-state index is 14.4. The van der Waals surface area contributed by atoms with Crippen molar-refractivity contribution in [1.29, 1.82) is 0 Å². The number of piperidine rings is 2. The van der Waals surface area contributed by atoms with Crippen LogP contribution in [-0.4, -0.2) is 89.1 Å². The van der Waals surface area contributed by atoms with Gasteiger partial charge in [-0.05, 0) is 60.4 Å². The zero-order chi connectivity index (χ0) is 36.6. The molecule has 0 radical (unpaired) electrons. The van der Waals surface area contributed by atoms with Gasteiger partial charge in [0.05, 0.1) is 5.52 Å². The fourth-order valence-electron chi connectivity index (χ4n) is 8.53. The number of aryl methyl sites for hydroxylation is 1. The van der Waals surface area contributed by atoms with Crippen LogP contribution >= 0.6 is 54.8 Å². The molecule has 1 atom stereocenters. The topological polar surface area (TPSA) is 114 Å². The second-order valence-electron chi connectivity index (χ2n) is 13.8. The number of carbonyl (C=O) groups excluding carboxylic acids is 1. The molecule has 3 fully saturated rings. The monoisotopic (exact) mass is 909 g/mol. The molecule has 0 N–H and O–H groups in total. The van der Waals surface area contributed by atoms with Crippen molar-refractivity contribution in [2.24, 2.45) is 0 Å². The highest BCUT2D eigenvalue weighted by Gasteiger charge is 2.60. The van der Waals surface area contributed by atoms with Gasteiger partial charge in [0, 0.05) is 85.2 Å². The van der Waals surface area contributed by atoms with E-state index in [9.17, 15) is 21.6 Å². The largest absolute Gasteiger partial charge is 0.522 e. The Morgan fingerprint density at radius 1 is 0.942 bits per heavy atom. The van der Waals surface area contributed by atoms with E-state index in [-0.39, 0.29) is 60.3 Å². The summed E-state index contributed by atoms with van der Waals surface area (Å²) in [5, 5.41) is 2.13. The smallest absolute Gasteiger partial charge is 0.415 e. The van der Waals surface area contributed by atoms with E-state index in [0.29, 0.717) is 52.4 Å². The predicted molar refractivity (Wildman–Crippen MR) is 210 cm³/mol. The van der Waals surface area contributed by atoms with Crippen molar-refractivity contribution in [2.45, 2.75) is 63.4 Å². The van der Waals surface area contributed by atoms with Gasteiger partial charge in [-0.1, -0.05) is 61.7 Å². The number of quaternary nitrogens is 1. The molecule has 0 spiro atoms. The van der Waals surface area contributed by atoms with Crippen LogP contribution in [0.3, 0.4) is 0 Å². The molecule has 2 aromatic heterocycles. The number of amides is 1. The molecule has 0 bridgehead atoms. The van der Waals surface area contributed by atoms with E-state index in [1.165, 1.54) is 19.9 Å². The zero-order valence-corrected chi connectivity index (χ0v) is 34.6. The van der Waals surface area contributed by atoms with Crippen LogP contribution in [0.25, 0.3) is 21.0 Å². The maximum absolute atomic E-state index is 14.4. The molecule has 4 aromatic rings. The van der Waals surface area contributed by atoms with Crippen LogP contribution in [0.1, 0.15) is 37.7 Å². The van der Waals surface area contributed by atoms with E-state index in [1.807, 2.05) is 31.2 Å². The Morgan fingerprint density at radius 2 is 1.60 bits per heavy atom. The molecule has 1 aliphatic carbocycles. The number of alkyl halides is 2. The van der Waals surface area contributed by atoms with Crippen LogP contribution in [0.5, 0.6) is 0 Å². The van der Waals surface area contributed by atoms with E-state index in [0.717, 1.165) is 26.7 Å². The normalized spacial score (nSPS) is 24.0. The number of halogens is 3. The average molecular weight is 912 g/mol. The second-order valence-corrected chi connectivity index (χ2v) is 23.2. The highest BCUT2D eigenvalue weighted by molar-refractivity contribution is 9.25. The molecule has 4 aliphatic rings. The average Bonchev–Trinajstić information content (AvgIpc) is 3.47. The summed E-state index contributed by atoms with van der Waals surface area (Å²) in [6.45, 7) is 2.87. The first kappa shape index (κ1) is 36.8. The highest BCUT2D eigenvalue weighted by atomic mass is 79.9. The Kier molecular flexibility index (Phi) is 9.55. The molecule has 2 aromatic carbocycles. The van der Waals surface area contributed by atoms with Gasteiger partial charge < -0.3 is 4.74 Å². The van der Waals surface area contributed by atoms with Crippen molar-refractivity contribution in [3.05, 3.63) is 88.7 Å². The summed E-state index contributed by atoms with van der Waals surface area (Å²) in [7, 11) is -7.69. The number of nitrogens with zero attached hydrogens (tertiary/aromatic N) is 4. The van der Waals surface area contributed by atoms with E-state index < -0.39 is 23.3 Å². The molecule has 274 valence electrons. The van der Waals surface area contributed by atoms with Gasteiger partial charge in [-0.15, -0.1) is 11.3 Å². The van der Waals surface area contributed by atoms with Gasteiger partial charge in [0.25, 0.3) is 10.0 Å². The zero-order valence-electron chi connectivity index (χ0n) is 28.2. The fraction of sp³-hybridized carbons (Fsp3) is 0.389. The number of sulfonamides is 2. The molecule has 0 saturated carbocycles. The minimum Gasteiger partial charge on any atom is -0.415 e. The van der Waals surface area contributed by atoms with Gasteiger partial charge in [-0.3, -0.25) is 4.98 Å². The first-order valence-electron chi connectivity index (χ1n) is 17.1. The minimum absolute atomic E-state index is 0.0695. The number of ether oxygens (including phenoxy) is 1. The van der Waals surface area contributed by atoms with Gasteiger partial charge in [-0.25, -0.2) is 16.8 Å². The van der Waals surface area contributed by atoms with Crippen LogP contribution in [0.4, 0.5) is 4.79 Å². The lowest BCUT2D eigenvalue weighted by atomic mass is 9.88. The van der Waals surface area contributed by atoms with Gasteiger partial charge in [0.15, 0.2) is 0 Å². The molecule has 8 rings (SSSR count). The van der Waals surface area contributed by atoms with Crippen LogP contribution in [0.2, 0.25) is 5.02 Å². The Balaban J connectivity index is 1.10. The number of carbonyl (C=O) groups is 1. The lowest BCUT2D eigenvalue weighted by molar-refractivity contribution is -0.875. The summed E-state index contributed by atoms with van der Waals surface area (Å²) in [6, 6.07) is 13.7. The van der Waals surface area contributed by atoms with Crippen LogP contribution in [-0.2, 0) is 24.8 Å². The van der Waals surface area contributed by atoms with E-state index in [2.05, 4.69) is 42.9 Å². The van der Waals surface area contributed by atoms with Crippen molar-refractivity contribution >= 4 is 102 Å². The third-order valence-electron chi connectivity index (χ3n) is 11.0. The van der Waals surface area contributed by atoms with Gasteiger partial charge in [-0.2, -0.15) is 17.9 Å². The van der Waals surface area contributed by atoms with Crippen molar-refractivity contribution in [3.63, 3.8) is 0 Å². The fourth-order valence-corrected chi connectivity index (χ4v) is 14.6. The minimum atomic E-state index is -3.88. The molecular weight excluding hydrogens is 876 g/mol. The van der Waals surface area contributed by atoms with Crippen molar-refractivity contribution in [2.75, 3.05) is 32.8 Å². The molecule has 52 heavy (non-hydrogen) atoms. The number of pyridine rings is 1. The predicted octanol–water partition coefficient (Wildman–Crippen LogP) is 8.08. The number of aromatic nitrogens is 1. The molecule has 10 nitrogen and oxygen atoms in total. The van der Waals surface area contributed by atoms with Gasteiger partial charge in [0.1, 0.15) is 36.7 Å². The molecule has 3 saturated heterocycles.